The number of hydrogen-bond acceptors (Lipinski definition) is 11. The van der Waals surface area contributed by atoms with E-state index in [1.807, 2.05) is 4.98 Å². The minimum absolute atomic E-state index is 0.204. The monoisotopic (exact) mass is 503 g/mol. The maximum absolute atomic E-state index is 12.0. The van der Waals surface area contributed by atoms with Gasteiger partial charge in [0.15, 0.2) is 6.23 Å². The Bertz CT molecular complexity index is 952. The first-order valence-electron chi connectivity index (χ1n) is 9.65. The van der Waals surface area contributed by atoms with Gasteiger partial charge < -0.3 is 30.5 Å². The highest BCUT2D eigenvalue weighted by molar-refractivity contribution is 7.61. The van der Waals surface area contributed by atoms with Crippen LogP contribution in [-0.4, -0.2) is 67.6 Å². The number of rotatable bonds is 13. The third-order valence-electron chi connectivity index (χ3n) is 4.42. The van der Waals surface area contributed by atoms with Crippen LogP contribution < -0.4 is 17.0 Å². The molecule has 32 heavy (non-hydrogen) atoms. The molecule has 1 aromatic rings. The van der Waals surface area contributed by atoms with E-state index < -0.39 is 58.0 Å². The first-order chi connectivity index (χ1) is 15.0. The number of aliphatic hydroxyl groups is 2. The zero-order valence-corrected chi connectivity index (χ0v) is 18.7. The molecule has 0 radical (unpaired) electrons. The van der Waals surface area contributed by atoms with Crippen molar-refractivity contribution in [3.63, 3.8) is 0 Å². The quantitative estimate of drug-likeness (QED) is 0.139. The van der Waals surface area contributed by atoms with Gasteiger partial charge in [0.2, 0.25) is 0 Å². The van der Waals surface area contributed by atoms with Crippen LogP contribution in [0.4, 0.5) is 0 Å². The van der Waals surface area contributed by atoms with E-state index in [4.69, 9.17) is 10.5 Å². The fourth-order valence-electron chi connectivity index (χ4n) is 2.85. The maximum atomic E-state index is 12.0. The molecule has 1 aliphatic heterocycles. The number of aromatic nitrogens is 2. The number of aromatic amines is 1. The molecule has 7 N–H and O–H groups in total. The van der Waals surface area contributed by atoms with Crippen LogP contribution >= 0.6 is 15.6 Å². The average Bonchev–Trinajstić information content (AvgIpc) is 2.97. The van der Waals surface area contributed by atoms with E-state index in [0.717, 1.165) is 29.7 Å². The first kappa shape index (κ1) is 27.0. The lowest BCUT2D eigenvalue weighted by Crippen LogP contribution is -2.37. The van der Waals surface area contributed by atoms with Crippen molar-refractivity contribution in [1.29, 1.82) is 0 Å². The van der Waals surface area contributed by atoms with Gasteiger partial charge in [-0.25, -0.2) is 13.9 Å². The Hall–Kier alpha value is -1.22. The molecule has 0 aliphatic carbocycles. The molecule has 6 atom stereocenters. The van der Waals surface area contributed by atoms with Crippen LogP contribution in [0.25, 0.3) is 0 Å². The van der Waals surface area contributed by atoms with Crippen molar-refractivity contribution in [3.8, 4) is 0 Å². The standard InChI is InChI=1S/C15H27N3O12P2/c16-6-3-1-2-4-8-27-31(23,24)30-32(25,26)28-9-10-12(20)13(21)14(29-10)18-7-5-11(19)17-15(18)22/h5,7,10,12-14,20-21H,1-4,6,8-9,16H2,(H,23,24)(H,25,26)(H,17,19,22)/t10-,12-,13-,14-/m0/s1. The predicted molar refractivity (Wildman–Crippen MR) is 107 cm³/mol. The summed E-state index contributed by atoms with van der Waals surface area (Å²) in [6, 6.07) is 0.987. The zero-order chi connectivity index (χ0) is 23.9. The maximum Gasteiger partial charge on any atom is 0.481 e. The number of phosphoric ester groups is 2. The number of ether oxygens (including phenoxy) is 1. The van der Waals surface area contributed by atoms with E-state index in [1.165, 1.54) is 0 Å². The largest absolute Gasteiger partial charge is 0.481 e. The summed E-state index contributed by atoms with van der Waals surface area (Å²) in [5.41, 5.74) is 3.73. The van der Waals surface area contributed by atoms with Gasteiger partial charge in [-0.1, -0.05) is 12.8 Å². The lowest BCUT2D eigenvalue weighted by atomic mass is 10.1. The second-order valence-electron chi connectivity index (χ2n) is 6.91. The highest BCUT2D eigenvalue weighted by Crippen LogP contribution is 2.60. The van der Waals surface area contributed by atoms with E-state index in [2.05, 4.69) is 13.4 Å². The second-order valence-corrected chi connectivity index (χ2v) is 9.96. The number of nitrogens with one attached hydrogen (secondary N) is 1. The van der Waals surface area contributed by atoms with Crippen molar-refractivity contribution in [2.24, 2.45) is 5.73 Å². The molecule has 1 fully saturated rings. The van der Waals surface area contributed by atoms with Gasteiger partial charge in [0.25, 0.3) is 5.56 Å². The normalized spacial score (nSPS) is 27.2. The molecule has 17 heteroatoms. The van der Waals surface area contributed by atoms with E-state index in [-0.39, 0.29) is 6.61 Å². The molecule has 1 aromatic heterocycles. The van der Waals surface area contributed by atoms with Crippen molar-refractivity contribution in [3.05, 3.63) is 33.1 Å². The molecular weight excluding hydrogens is 476 g/mol. The topological polar surface area (TPSA) is 233 Å². The molecule has 0 aromatic carbocycles. The fourth-order valence-corrected chi connectivity index (χ4v) is 4.96. The third-order valence-corrected chi connectivity index (χ3v) is 7.06. The molecule has 0 saturated carbocycles. The van der Waals surface area contributed by atoms with Crippen molar-refractivity contribution in [2.45, 2.75) is 50.2 Å². The van der Waals surface area contributed by atoms with Crippen molar-refractivity contribution in [1.82, 2.24) is 9.55 Å². The van der Waals surface area contributed by atoms with E-state index in [9.17, 15) is 38.7 Å². The third kappa shape index (κ3) is 7.97. The molecule has 15 nitrogen and oxygen atoms in total. The van der Waals surface area contributed by atoms with Crippen molar-refractivity contribution in [2.75, 3.05) is 19.8 Å². The molecule has 2 rings (SSSR count). The Morgan fingerprint density at radius 1 is 1.06 bits per heavy atom. The van der Waals surface area contributed by atoms with Crippen molar-refractivity contribution < 1.29 is 47.2 Å². The van der Waals surface area contributed by atoms with Crippen LogP contribution in [0.15, 0.2) is 21.9 Å². The van der Waals surface area contributed by atoms with Gasteiger partial charge in [0, 0.05) is 12.3 Å². The Labute approximate surface area is 181 Å². The van der Waals surface area contributed by atoms with Crippen molar-refractivity contribution >= 4 is 15.6 Å². The SMILES string of the molecule is NCCCCCCOP(=O)(O)OP(=O)(O)OC[C@@H]1O[C@H](n2ccc(=O)[nH]c2=O)[C@@H](O)[C@H]1O. The minimum atomic E-state index is -5.13. The number of H-pyrrole nitrogens is 1. The zero-order valence-electron chi connectivity index (χ0n) is 16.9. The number of nitrogens with zero attached hydrogens (tertiary/aromatic N) is 1. The molecule has 184 valence electrons. The summed E-state index contributed by atoms with van der Waals surface area (Å²) >= 11 is 0. The number of phosphoric acid groups is 2. The summed E-state index contributed by atoms with van der Waals surface area (Å²) in [7, 11) is -10.1. The lowest BCUT2D eigenvalue weighted by Gasteiger charge is -2.19. The number of nitrogens with two attached hydrogens (primary N) is 1. The Balaban J connectivity index is 1.88. The van der Waals surface area contributed by atoms with Gasteiger partial charge in [-0.15, -0.1) is 0 Å². The van der Waals surface area contributed by atoms with Gasteiger partial charge in [-0.05, 0) is 19.4 Å². The van der Waals surface area contributed by atoms with Gasteiger partial charge >= 0.3 is 21.3 Å². The first-order valence-corrected chi connectivity index (χ1v) is 12.6. The summed E-state index contributed by atoms with van der Waals surface area (Å²) in [5.74, 6) is 0. The van der Waals surface area contributed by atoms with E-state index in [1.54, 1.807) is 0 Å². The number of unbranched alkanes of at least 4 members (excludes halogenated alkanes) is 3. The summed E-state index contributed by atoms with van der Waals surface area (Å²) in [4.78, 5) is 44.2. The van der Waals surface area contributed by atoms with Crippen LogP contribution in [0.3, 0.4) is 0 Å². The minimum Gasteiger partial charge on any atom is -0.387 e. The molecule has 2 heterocycles. The highest BCUT2D eigenvalue weighted by Gasteiger charge is 2.46. The van der Waals surface area contributed by atoms with Crippen LogP contribution in [-0.2, 0) is 27.2 Å². The molecular formula is C15H27N3O12P2. The summed E-state index contributed by atoms with van der Waals surface area (Å²) in [6.07, 6.45) is -2.50. The molecule has 0 spiro atoms. The van der Waals surface area contributed by atoms with Gasteiger partial charge in [-0.2, -0.15) is 4.31 Å². The molecule has 1 saturated heterocycles. The number of hydrogen-bond donors (Lipinski definition) is 6. The molecule has 0 amide bonds. The summed E-state index contributed by atoms with van der Waals surface area (Å²) in [6.45, 7) is -0.531. The summed E-state index contributed by atoms with van der Waals surface area (Å²) < 4.78 is 43.3. The second kappa shape index (κ2) is 11.8. The van der Waals surface area contributed by atoms with E-state index >= 15 is 0 Å². The van der Waals surface area contributed by atoms with Gasteiger partial charge in [0.05, 0.1) is 13.2 Å². The fraction of sp³-hybridized carbons (Fsp3) is 0.733. The molecule has 2 unspecified atom stereocenters. The summed E-state index contributed by atoms with van der Waals surface area (Å²) in [5, 5.41) is 20.2. The van der Waals surface area contributed by atoms with Crippen LogP contribution in [0.2, 0.25) is 0 Å². The Morgan fingerprint density at radius 2 is 1.72 bits per heavy atom. The Kier molecular flexibility index (Phi) is 9.94. The average molecular weight is 503 g/mol. The van der Waals surface area contributed by atoms with Crippen LogP contribution in [0.5, 0.6) is 0 Å². The van der Waals surface area contributed by atoms with Gasteiger partial charge in [0.1, 0.15) is 18.3 Å². The predicted octanol–water partition coefficient (Wildman–Crippen LogP) is -1.07. The van der Waals surface area contributed by atoms with E-state index in [0.29, 0.717) is 19.4 Å². The van der Waals surface area contributed by atoms with Crippen LogP contribution in [0, 0.1) is 0 Å². The lowest BCUT2D eigenvalue weighted by molar-refractivity contribution is -0.0543. The molecule has 0 bridgehead atoms. The highest BCUT2D eigenvalue weighted by atomic mass is 31.3. The number of aliphatic hydroxyl groups excluding tert-OH is 2. The van der Waals surface area contributed by atoms with Crippen LogP contribution in [0.1, 0.15) is 31.9 Å². The Morgan fingerprint density at radius 3 is 2.38 bits per heavy atom. The molecule has 1 aliphatic rings. The smallest absolute Gasteiger partial charge is 0.387 e. The van der Waals surface area contributed by atoms with Gasteiger partial charge in [-0.3, -0.25) is 23.4 Å².